The van der Waals surface area contributed by atoms with Crippen LogP contribution in [0.2, 0.25) is 0 Å². The molecule has 2 aromatic carbocycles. The van der Waals surface area contributed by atoms with E-state index in [9.17, 15) is 9.59 Å². The fourth-order valence-electron chi connectivity index (χ4n) is 3.41. The molecule has 2 amide bonds. The predicted octanol–water partition coefficient (Wildman–Crippen LogP) is 2.54. The second-order valence-electron chi connectivity index (χ2n) is 6.48. The first-order valence-electron chi connectivity index (χ1n) is 8.94. The predicted molar refractivity (Wildman–Crippen MR) is 102 cm³/mol. The molecular weight excluding hydrogens is 340 g/mol. The Kier molecular flexibility index (Phi) is 4.70. The summed E-state index contributed by atoms with van der Waals surface area (Å²) in [5.41, 5.74) is 2.76. The van der Waals surface area contributed by atoms with Crippen molar-refractivity contribution >= 4 is 17.5 Å². The van der Waals surface area contributed by atoms with E-state index in [2.05, 4.69) is 10.3 Å². The zero-order valence-electron chi connectivity index (χ0n) is 14.8. The quantitative estimate of drug-likeness (QED) is 0.711. The van der Waals surface area contributed by atoms with Crippen LogP contribution in [0.4, 0.5) is 5.69 Å². The van der Waals surface area contributed by atoms with Gasteiger partial charge in [0.2, 0.25) is 11.8 Å². The van der Waals surface area contributed by atoms with Gasteiger partial charge < -0.3 is 14.8 Å². The highest BCUT2D eigenvalue weighted by molar-refractivity contribution is 6.09. The van der Waals surface area contributed by atoms with Crippen LogP contribution in [0, 0.1) is 5.92 Å². The summed E-state index contributed by atoms with van der Waals surface area (Å²) in [4.78, 5) is 31.0. The van der Waals surface area contributed by atoms with Crippen molar-refractivity contribution in [1.29, 1.82) is 0 Å². The van der Waals surface area contributed by atoms with Gasteiger partial charge in [-0.15, -0.1) is 0 Å². The Morgan fingerprint density at radius 2 is 1.89 bits per heavy atom. The van der Waals surface area contributed by atoms with Gasteiger partial charge in [-0.3, -0.25) is 9.59 Å². The van der Waals surface area contributed by atoms with E-state index < -0.39 is 5.92 Å². The van der Waals surface area contributed by atoms with Gasteiger partial charge in [0.1, 0.15) is 5.92 Å². The summed E-state index contributed by atoms with van der Waals surface area (Å²) < 4.78 is 1.90. The van der Waals surface area contributed by atoms with E-state index in [1.165, 1.54) is 0 Å². The molecular formula is C21H20N4O2. The van der Waals surface area contributed by atoms with Crippen LogP contribution in [-0.4, -0.2) is 27.9 Å². The third-order valence-corrected chi connectivity index (χ3v) is 4.82. The summed E-state index contributed by atoms with van der Waals surface area (Å²) in [5.74, 6) is -0.994. The van der Waals surface area contributed by atoms with Crippen LogP contribution in [0.3, 0.4) is 0 Å². The van der Waals surface area contributed by atoms with Crippen molar-refractivity contribution in [2.75, 3.05) is 11.4 Å². The topological polar surface area (TPSA) is 67.2 Å². The van der Waals surface area contributed by atoms with Gasteiger partial charge in [-0.2, -0.15) is 0 Å². The highest BCUT2D eigenvalue weighted by Crippen LogP contribution is 2.25. The lowest BCUT2D eigenvalue weighted by atomic mass is 10.1. The number of anilines is 1. The molecule has 0 radical (unpaired) electrons. The number of nitrogens with zero attached hydrogens (tertiary/aromatic N) is 3. The Morgan fingerprint density at radius 1 is 1.11 bits per heavy atom. The van der Waals surface area contributed by atoms with E-state index in [1.807, 2.05) is 65.4 Å². The highest BCUT2D eigenvalue weighted by atomic mass is 16.2. The number of carbonyl (C=O) groups excluding carboxylic acids is 2. The van der Waals surface area contributed by atoms with Crippen molar-refractivity contribution in [3.8, 4) is 5.69 Å². The molecule has 1 fully saturated rings. The summed E-state index contributed by atoms with van der Waals surface area (Å²) in [6.45, 7) is 0.925. The van der Waals surface area contributed by atoms with Crippen molar-refractivity contribution in [2.24, 2.45) is 5.92 Å². The summed E-state index contributed by atoms with van der Waals surface area (Å²) in [6, 6.07) is 17.3. The molecule has 1 aliphatic rings. The third kappa shape index (κ3) is 3.46. The van der Waals surface area contributed by atoms with Crippen LogP contribution >= 0.6 is 0 Å². The fourth-order valence-corrected chi connectivity index (χ4v) is 3.41. The third-order valence-electron chi connectivity index (χ3n) is 4.82. The van der Waals surface area contributed by atoms with Crippen molar-refractivity contribution in [2.45, 2.75) is 13.0 Å². The Morgan fingerprint density at radius 3 is 2.67 bits per heavy atom. The Balaban J connectivity index is 1.43. The number of hydrogen-bond donors (Lipinski definition) is 1. The van der Waals surface area contributed by atoms with Gasteiger partial charge in [0.15, 0.2) is 0 Å². The summed E-state index contributed by atoms with van der Waals surface area (Å²) >= 11 is 0. The molecule has 4 rings (SSSR count). The van der Waals surface area contributed by atoms with E-state index >= 15 is 0 Å². The van der Waals surface area contributed by atoms with Crippen LogP contribution < -0.4 is 10.2 Å². The summed E-state index contributed by atoms with van der Waals surface area (Å²) in [5, 5.41) is 2.93. The molecule has 1 aliphatic heterocycles. The molecule has 136 valence electrons. The number of para-hydroxylation sites is 2. The molecule has 2 heterocycles. The van der Waals surface area contributed by atoms with Gasteiger partial charge in [-0.25, -0.2) is 4.98 Å². The molecule has 1 N–H and O–H groups in total. The number of hydrogen-bond acceptors (Lipinski definition) is 3. The zero-order chi connectivity index (χ0) is 18.6. The fraction of sp³-hybridized carbons (Fsp3) is 0.190. The Labute approximate surface area is 157 Å². The maximum absolute atomic E-state index is 12.7. The smallest absolute Gasteiger partial charge is 0.239 e. The molecule has 0 saturated carbocycles. The number of carbonyl (C=O) groups is 2. The van der Waals surface area contributed by atoms with E-state index in [0.717, 1.165) is 16.9 Å². The molecule has 0 spiro atoms. The lowest BCUT2D eigenvalue weighted by Gasteiger charge is -2.17. The first-order chi connectivity index (χ1) is 13.2. The lowest BCUT2D eigenvalue weighted by Crippen LogP contribution is -2.36. The van der Waals surface area contributed by atoms with Crippen molar-refractivity contribution < 1.29 is 9.59 Å². The van der Waals surface area contributed by atoms with Gasteiger partial charge in [0, 0.05) is 31.2 Å². The van der Waals surface area contributed by atoms with Crippen LogP contribution in [0.15, 0.2) is 73.3 Å². The largest absolute Gasteiger partial charge is 0.351 e. The average molecular weight is 360 g/mol. The first kappa shape index (κ1) is 17.0. The van der Waals surface area contributed by atoms with Gasteiger partial charge >= 0.3 is 0 Å². The number of rotatable bonds is 5. The summed E-state index contributed by atoms with van der Waals surface area (Å²) in [7, 11) is 0. The highest BCUT2D eigenvalue weighted by Gasteiger charge is 2.37. The van der Waals surface area contributed by atoms with E-state index in [4.69, 9.17) is 0 Å². The van der Waals surface area contributed by atoms with E-state index in [1.54, 1.807) is 17.4 Å². The summed E-state index contributed by atoms with van der Waals surface area (Å²) in [6.07, 6.45) is 5.82. The van der Waals surface area contributed by atoms with Crippen LogP contribution in [-0.2, 0) is 16.1 Å². The molecule has 1 atom stereocenters. The maximum Gasteiger partial charge on any atom is 0.239 e. The van der Waals surface area contributed by atoms with Gasteiger partial charge in [-0.1, -0.05) is 36.4 Å². The SMILES string of the molecule is O=C(NCc1ccccc1-n1ccnc1)C1CCN(c2ccccc2)C1=O. The van der Waals surface area contributed by atoms with Crippen molar-refractivity contribution in [3.63, 3.8) is 0 Å². The Hall–Kier alpha value is -3.41. The van der Waals surface area contributed by atoms with Gasteiger partial charge in [0.25, 0.3) is 0 Å². The molecule has 27 heavy (non-hydrogen) atoms. The van der Waals surface area contributed by atoms with Gasteiger partial charge in [0.05, 0.1) is 12.0 Å². The number of aromatic nitrogens is 2. The van der Waals surface area contributed by atoms with E-state index in [0.29, 0.717) is 19.5 Å². The maximum atomic E-state index is 12.7. The number of benzene rings is 2. The van der Waals surface area contributed by atoms with Crippen LogP contribution in [0.1, 0.15) is 12.0 Å². The molecule has 6 heteroatoms. The van der Waals surface area contributed by atoms with Crippen molar-refractivity contribution in [3.05, 3.63) is 78.9 Å². The van der Waals surface area contributed by atoms with E-state index in [-0.39, 0.29) is 11.8 Å². The number of nitrogens with one attached hydrogen (secondary N) is 1. The first-order valence-corrected chi connectivity index (χ1v) is 8.94. The Bertz CT molecular complexity index is 938. The minimum atomic E-state index is -0.634. The normalized spacial score (nSPS) is 16.5. The zero-order valence-corrected chi connectivity index (χ0v) is 14.8. The number of imidazole rings is 1. The van der Waals surface area contributed by atoms with Crippen molar-refractivity contribution in [1.82, 2.24) is 14.9 Å². The second-order valence-corrected chi connectivity index (χ2v) is 6.48. The molecule has 0 aliphatic carbocycles. The minimum absolute atomic E-state index is 0.137. The standard InChI is InChI=1S/C21H20N4O2/c26-20(18-10-12-25(21(18)27)17-7-2-1-3-8-17)23-14-16-6-4-5-9-19(16)24-13-11-22-15-24/h1-9,11,13,15,18H,10,12,14H2,(H,23,26). The minimum Gasteiger partial charge on any atom is -0.351 e. The molecule has 1 aromatic heterocycles. The molecule has 1 saturated heterocycles. The van der Waals surface area contributed by atoms with Crippen LogP contribution in [0.5, 0.6) is 0 Å². The molecule has 6 nitrogen and oxygen atoms in total. The molecule has 0 bridgehead atoms. The average Bonchev–Trinajstić information content (AvgIpc) is 3.37. The number of amides is 2. The molecule has 1 unspecified atom stereocenters. The second kappa shape index (κ2) is 7.45. The molecule has 3 aromatic rings. The van der Waals surface area contributed by atoms with Gasteiger partial charge in [-0.05, 0) is 30.2 Å². The van der Waals surface area contributed by atoms with Crippen LogP contribution in [0.25, 0.3) is 5.69 Å². The lowest BCUT2D eigenvalue weighted by molar-refractivity contribution is -0.132. The monoisotopic (exact) mass is 360 g/mol.